The molecule has 0 aromatic heterocycles. The molecule has 2 aromatic rings. The summed E-state index contributed by atoms with van der Waals surface area (Å²) in [6.45, 7) is 3.99. The van der Waals surface area contributed by atoms with Crippen molar-refractivity contribution < 1.29 is 22.4 Å². The summed E-state index contributed by atoms with van der Waals surface area (Å²) >= 11 is 12.4. The first-order chi connectivity index (χ1) is 18.3. The molecule has 7 nitrogen and oxygen atoms in total. The molecule has 1 unspecified atom stereocenters. The molecule has 5 rings (SSSR count). The van der Waals surface area contributed by atoms with Crippen molar-refractivity contribution in [2.24, 2.45) is 0 Å². The van der Waals surface area contributed by atoms with Crippen LogP contribution in [-0.2, 0) is 32.5 Å². The van der Waals surface area contributed by atoms with E-state index < -0.39 is 16.1 Å². The van der Waals surface area contributed by atoms with Gasteiger partial charge >= 0.3 is 5.91 Å². The number of likely N-dealkylation sites (tertiary alicyclic amines) is 1. The summed E-state index contributed by atoms with van der Waals surface area (Å²) in [6, 6.07) is 12.2. The Morgan fingerprint density at radius 1 is 1.03 bits per heavy atom. The lowest BCUT2D eigenvalue weighted by molar-refractivity contribution is -0.885. The van der Waals surface area contributed by atoms with Crippen molar-refractivity contribution in [3.05, 3.63) is 63.6 Å². The molecule has 0 aliphatic carbocycles. The third-order valence-electron chi connectivity index (χ3n) is 8.44. The molecule has 0 spiro atoms. The van der Waals surface area contributed by atoms with Gasteiger partial charge in [0.1, 0.15) is 4.90 Å². The number of hydrogen-bond donors (Lipinski definition) is 1. The zero-order valence-corrected chi connectivity index (χ0v) is 23.9. The van der Waals surface area contributed by atoms with Crippen LogP contribution < -0.4 is 5.32 Å². The molecule has 0 saturated carbocycles. The van der Waals surface area contributed by atoms with Gasteiger partial charge in [0, 0.05) is 37.5 Å². The number of ether oxygens (including phenoxy) is 1. The minimum atomic E-state index is -3.93. The predicted molar refractivity (Wildman–Crippen MR) is 149 cm³/mol. The topological polar surface area (TPSA) is 75.7 Å². The van der Waals surface area contributed by atoms with Crippen LogP contribution in [0, 0.1) is 0 Å². The summed E-state index contributed by atoms with van der Waals surface area (Å²) in [5, 5.41) is 3.87. The van der Waals surface area contributed by atoms with E-state index in [2.05, 4.69) is 5.32 Å². The lowest BCUT2D eigenvalue weighted by atomic mass is 9.96. The summed E-state index contributed by atoms with van der Waals surface area (Å²) in [6.07, 6.45) is 5.79. The van der Waals surface area contributed by atoms with Gasteiger partial charge in [0.15, 0.2) is 6.61 Å². The summed E-state index contributed by atoms with van der Waals surface area (Å²) in [7, 11) is -3.93. The number of fused-ring (bicyclic) bond motifs is 1. The van der Waals surface area contributed by atoms with E-state index in [0.717, 1.165) is 63.0 Å². The van der Waals surface area contributed by atoms with Crippen LogP contribution in [0.2, 0.25) is 10.0 Å². The highest BCUT2D eigenvalue weighted by atomic mass is 35.5. The molecule has 206 valence electrons. The van der Waals surface area contributed by atoms with Crippen LogP contribution in [0.15, 0.2) is 47.4 Å². The molecule has 2 aromatic carbocycles. The first kappa shape index (κ1) is 28.0. The third kappa shape index (κ3) is 5.68. The fourth-order valence-corrected chi connectivity index (χ4v) is 8.74. The maximum atomic E-state index is 13.8. The standard InChI is InChI=1S/C28H36Cl2N3O4S/c29-23-8-9-27(26(30)17-23)38(35,36)32-18-22-7-3-2-6-21(22)16-24(32)19-37-20-28(34)33(14-4-1-5-15-33)25-10-12-31-13-11-25/h2-3,6-9,17,24-25,31H,1,4-5,10-16,18-20H2/q+1. The lowest BCUT2D eigenvalue weighted by Gasteiger charge is -2.46. The second-order valence-corrected chi connectivity index (χ2v) is 13.4. The van der Waals surface area contributed by atoms with Crippen molar-refractivity contribution in [2.75, 3.05) is 39.4 Å². The average Bonchev–Trinajstić information content (AvgIpc) is 2.93. The van der Waals surface area contributed by atoms with E-state index in [1.165, 1.54) is 28.9 Å². The Bertz CT molecular complexity index is 1260. The molecule has 1 N–H and O–H groups in total. The summed E-state index contributed by atoms with van der Waals surface area (Å²) in [5.41, 5.74) is 2.05. The monoisotopic (exact) mass is 580 g/mol. The van der Waals surface area contributed by atoms with Crippen molar-refractivity contribution in [3.63, 3.8) is 0 Å². The fraction of sp³-hybridized carbons (Fsp3) is 0.536. The second-order valence-electron chi connectivity index (χ2n) is 10.7. The van der Waals surface area contributed by atoms with Crippen molar-refractivity contribution in [1.82, 2.24) is 9.62 Å². The normalized spacial score (nSPS) is 22.6. The Balaban J connectivity index is 1.34. The number of quaternary nitrogens is 1. The Kier molecular flexibility index (Phi) is 8.79. The quantitative estimate of drug-likeness (QED) is 0.491. The number of benzene rings is 2. The Labute approximate surface area is 235 Å². The largest absolute Gasteiger partial charge is 0.366 e. The van der Waals surface area contributed by atoms with Crippen LogP contribution in [-0.4, -0.2) is 74.6 Å². The molecule has 10 heteroatoms. The SMILES string of the molecule is O=C(COCC1Cc2ccccc2CN1S(=O)(=O)c1ccc(Cl)cc1Cl)[N+]1(C2CCNCC2)CCCCC1. The van der Waals surface area contributed by atoms with Crippen LogP contribution in [0.3, 0.4) is 0 Å². The molecule has 2 saturated heterocycles. The van der Waals surface area contributed by atoms with E-state index in [4.69, 9.17) is 27.9 Å². The average molecular weight is 582 g/mol. The highest BCUT2D eigenvalue weighted by molar-refractivity contribution is 7.89. The van der Waals surface area contributed by atoms with Gasteiger partial charge in [-0.15, -0.1) is 0 Å². The number of piperidine rings is 2. The van der Waals surface area contributed by atoms with Gasteiger partial charge < -0.3 is 10.1 Å². The van der Waals surface area contributed by atoms with Crippen LogP contribution in [0.5, 0.6) is 0 Å². The molecule has 2 fully saturated rings. The molecule has 0 radical (unpaired) electrons. The van der Waals surface area contributed by atoms with Gasteiger partial charge in [-0.25, -0.2) is 13.2 Å². The number of sulfonamides is 1. The van der Waals surface area contributed by atoms with E-state index in [-0.39, 0.29) is 35.6 Å². The van der Waals surface area contributed by atoms with E-state index in [1.54, 1.807) is 0 Å². The zero-order chi connectivity index (χ0) is 26.8. The van der Waals surface area contributed by atoms with Crippen LogP contribution in [0.1, 0.15) is 43.2 Å². The molecule has 3 heterocycles. The van der Waals surface area contributed by atoms with Crippen molar-refractivity contribution in [3.8, 4) is 0 Å². The number of nitrogens with one attached hydrogen (secondary N) is 1. The van der Waals surface area contributed by atoms with Gasteiger partial charge in [0.2, 0.25) is 10.0 Å². The highest BCUT2D eigenvalue weighted by Gasteiger charge is 2.45. The van der Waals surface area contributed by atoms with E-state index in [0.29, 0.717) is 22.0 Å². The maximum absolute atomic E-state index is 13.8. The number of carbonyl (C=O) groups is 1. The van der Waals surface area contributed by atoms with Crippen LogP contribution >= 0.6 is 23.2 Å². The molecular formula is C28H36Cl2N3O4S+. The minimum Gasteiger partial charge on any atom is -0.366 e. The molecule has 3 aliphatic rings. The first-order valence-electron chi connectivity index (χ1n) is 13.5. The number of halogens is 2. The molecular weight excluding hydrogens is 545 g/mol. The minimum absolute atomic E-state index is 0.00232. The Morgan fingerprint density at radius 2 is 1.74 bits per heavy atom. The van der Waals surface area contributed by atoms with Crippen molar-refractivity contribution >= 4 is 39.1 Å². The molecule has 1 amide bonds. The van der Waals surface area contributed by atoms with Gasteiger partial charge in [-0.3, -0.25) is 4.48 Å². The molecule has 1 atom stereocenters. The number of nitrogens with zero attached hydrogens (tertiary/aromatic N) is 2. The number of carbonyl (C=O) groups excluding carboxylic acids is 1. The van der Waals surface area contributed by atoms with Crippen LogP contribution in [0.25, 0.3) is 0 Å². The Hall–Kier alpha value is -1.52. The van der Waals surface area contributed by atoms with Gasteiger partial charge in [0.05, 0.1) is 36.8 Å². The van der Waals surface area contributed by atoms with Crippen molar-refractivity contribution in [2.45, 2.75) is 62.0 Å². The summed E-state index contributed by atoms with van der Waals surface area (Å²) < 4.78 is 35.7. The van der Waals surface area contributed by atoms with E-state index >= 15 is 0 Å². The first-order valence-corrected chi connectivity index (χ1v) is 15.7. The van der Waals surface area contributed by atoms with E-state index in [1.807, 2.05) is 24.3 Å². The smallest absolute Gasteiger partial charge is 0.339 e. The maximum Gasteiger partial charge on any atom is 0.339 e. The van der Waals surface area contributed by atoms with Crippen LogP contribution in [0.4, 0.5) is 0 Å². The number of rotatable bonds is 7. The van der Waals surface area contributed by atoms with Gasteiger partial charge in [-0.05, 0) is 55.0 Å². The molecule has 0 bridgehead atoms. The number of hydrogen-bond acceptors (Lipinski definition) is 5. The second kappa shape index (κ2) is 11.9. The highest BCUT2D eigenvalue weighted by Crippen LogP contribution is 2.34. The molecule has 38 heavy (non-hydrogen) atoms. The lowest BCUT2D eigenvalue weighted by Crippen LogP contribution is -2.64. The third-order valence-corrected chi connectivity index (χ3v) is 11.1. The molecule has 3 aliphatic heterocycles. The van der Waals surface area contributed by atoms with Gasteiger partial charge in [-0.2, -0.15) is 4.31 Å². The number of amides is 1. The Morgan fingerprint density at radius 3 is 2.45 bits per heavy atom. The van der Waals surface area contributed by atoms with Gasteiger partial charge in [0.25, 0.3) is 0 Å². The summed E-state index contributed by atoms with van der Waals surface area (Å²) in [4.78, 5) is 13.7. The zero-order valence-electron chi connectivity index (χ0n) is 21.6. The van der Waals surface area contributed by atoms with Crippen molar-refractivity contribution in [1.29, 1.82) is 0 Å². The fourth-order valence-electron chi connectivity index (χ4n) is 6.40. The summed E-state index contributed by atoms with van der Waals surface area (Å²) in [5.74, 6) is 0.128. The van der Waals surface area contributed by atoms with Gasteiger partial charge in [-0.1, -0.05) is 47.5 Å². The van der Waals surface area contributed by atoms with E-state index in [9.17, 15) is 13.2 Å². The predicted octanol–water partition coefficient (Wildman–Crippen LogP) is 4.40.